The minimum Gasteiger partial charge on any atom is -0.352 e. The van der Waals surface area contributed by atoms with Gasteiger partial charge in [-0.2, -0.15) is 10.2 Å². The summed E-state index contributed by atoms with van der Waals surface area (Å²) in [4.78, 5) is 17.8. The molecule has 0 fully saturated rings. The van der Waals surface area contributed by atoms with Crippen LogP contribution in [0.15, 0.2) is 36.5 Å². The van der Waals surface area contributed by atoms with E-state index in [0.29, 0.717) is 23.7 Å². The number of benzene rings is 1. The summed E-state index contributed by atoms with van der Waals surface area (Å²) in [6.45, 7) is 7.06. The first kappa shape index (κ1) is 21.1. The van der Waals surface area contributed by atoms with Crippen molar-refractivity contribution < 1.29 is 4.79 Å². The van der Waals surface area contributed by atoms with Crippen LogP contribution >= 0.6 is 11.6 Å². The Bertz CT molecular complexity index is 1270. The number of nitrogens with one attached hydrogen (secondary N) is 1. The van der Waals surface area contributed by atoms with Crippen LogP contribution < -0.4 is 5.32 Å². The number of hydrogen-bond donors (Lipinski definition) is 1. The molecule has 0 saturated heterocycles. The van der Waals surface area contributed by atoms with E-state index in [1.807, 2.05) is 62.8 Å². The van der Waals surface area contributed by atoms with Crippen molar-refractivity contribution in [3.05, 3.63) is 64.2 Å². The number of pyridine rings is 1. The molecular formula is C23H25ClN6O. The lowest BCUT2D eigenvalue weighted by molar-refractivity contribution is 0.0954. The summed E-state index contributed by atoms with van der Waals surface area (Å²) in [5, 5.41) is 13.3. The molecule has 0 aliphatic heterocycles. The molecule has 7 nitrogen and oxygen atoms in total. The van der Waals surface area contributed by atoms with E-state index in [0.717, 1.165) is 45.7 Å². The lowest BCUT2D eigenvalue weighted by atomic mass is 10.0. The maximum atomic E-state index is 13.1. The minimum absolute atomic E-state index is 0.118. The van der Waals surface area contributed by atoms with E-state index >= 15 is 0 Å². The zero-order valence-electron chi connectivity index (χ0n) is 18.1. The molecule has 0 radical (unpaired) electrons. The molecule has 0 atom stereocenters. The highest BCUT2D eigenvalue weighted by Gasteiger charge is 2.16. The van der Waals surface area contributed by atoms with E-state index in [1.54, 1.807) is 10.9 Å². The van der Waals surface area contributed by atoms with Gasteiger partial charge in [0.1, 0.15) is 0 Å². The maximum Gasteiger partial charge on any atom is 0.252 e. The number of carbonyl (C=O) groups excluding carboxylic acids is 1. The quantitative estimate of drug-likeness (QED) is 0.459. The summed E-state index contributed by atoms with van der Waals surface area (Å²) in [6.07, 6.45) is 2.54. The number of halogens is 1. The second-order valence-corrected chi connectivity index (χ2v) is 8.03. The average Bonchev–Trinajstić information content (AvgIpc) is 3.23. The standard InChI is InChI=1S/C23H25ClN6O/c1-14-22(24)16(3)30(28-14)11-7-10-25-23(31)18-12-21(19-13-26-29(4)15(19)2)27-20-9-6-5-8-17(18)20/h5-6,8-9,12-13H,7,10-11H2,1-4H3,(H,25,31). The van der Waals surface area contributed by atoms with Crippen LogP contribution in [0.1, 0.15) is 33.9 Å². The van der Waals surface area contributed by atoms with Gasteiger partial charge in [0, 0.05) is 36.8 Å². The molecule has 0 saturated carbocycles. The summed E-state index contributed by atoms with van der Waals surface area (Å²) in [5.74, 6) is -0.118. The maximum absolute atomic E-state index is 13.1. The van der Waals surface area contributed by atoms with Gasteiger partial charge in [0.05, 0.1) is 39.4 Å². The van der Waals surface area contributed by atoms with Crippen LogP contribution in [0.25, 0.3) is 22.2 Å². The fourth-order valence-corrected chi connectivity index (χ4v) is 3.81. The Labute approximate surface area is 186 Å². The number of fused-ring (bicyclic) bond motifs is 1. The SMILES string of the molecule is Cc1nn(CCCNC(=O)c2cc(-c3cnn(C)c3C)nc3ccccc23)c(C)c1Cl. The van der Waals surface area contributed by atoms with Crippen molar-refractivity contribution in [2.75, 3.05) is 6.54 Å². The van der Waals surface area contributed by atoms with Gasteiger partial charge in [0.25, 0.3) is 5.91 Å². The molecule has 3 heterocycles. The van der Waals surface area contributed by atoms with E-state index in [4.69, 9.17) is 16.6 Å². The average molecular weight is 437 g/mol. The van der Waals surface area contributed by atoms with E-state index in [1.165, 1.54) is 0 Å². The molecule has 1 amide bonds. The number of aromatic nitrogens is 5. The van der Waals surface area contributed by atoms with Gasteiger partial charge in [-0.05, 0) is 39.3 Å². The fourth-order valence-electron chi connectivity index (χ4n) is 3.67. The molecular weight excluding hydrogens is 412 g/mol. The number of nitrogens with zero attached hydrogens (tertiary/aromatic N) is 5. The molecule has 1 N–H and O–H groups in total. The summed E-state index contributed by atoms with van der Waals surface area (Å²) >= 11 is 6.21. The third kappa shape index (κ3) is 4.05. The molecule has 0 aliphatic rings. The Morgan fingerprint density at radius 1 is 1.16 bits per heavy atom. The third-order valence-corrected chi connectivity index (χ3v) is 6.14. The molecule has 3 aromatic heterocycles. The molecule has 1 aromatic carbocycles. The summed E-state index contributed by atoms with van der Waals surface area (Å²) in [6, 6.07) is 9.55. The highest BCUT2D eigenvalue weighted by molar-refractivity contribution is 6.31. The van der Waals surface area contributed by atoms with Gasteiger partial charge in [-0.1, -0.05) is 29.8 Å². The van der Waals surface area contributed by atoms with Gasteiger partial charge in [-0.25, -0.2) is 4.98 Å². The van der Waals surface area contributed by atoms with Gasteiger partial charge in [0.2, 0.25) is 0 Å². The number of hydrogen-bond acceptors (Lipinski definition) is 4. The molecule has 4 aromatic rings. The van der Waals surface area contributed by atoms with Gasteiger partial charge in [-0.15, -0.1) is 0 Å². The predicted molar refractivity (Wildman–Crippen MR) is 122 cm³/mol. The van der Waals surface area contributed by atoms with E-state index < -0.39 is 0 Å². The van der Waals surface area contributed by atoms with Crippen molar-refractivity contribution >= 4 is 28.4 Å². The second kappa shape index (κ2) is 8.51. The smallest absolute Gasteiger partial charge is 0.252 e. The van der Waals surface area contributed by atoms with E-state index in [-0.39, 0.29) is 5.91 Å². The molecule has 0 spiro atoms. The Kier molecular flexibility index (Phi) is 5.78. The molecule has 0 bridgehead atoms. The first-order valence-electron chi connectivity index (χ1n) is 10.2. The van der Waals surface area contributed by atoms with Crippen molar-refractivity contribution in [2.24, 2.45) is 7.05 Å². The van der Waals surface area contributed by atoms with Gasteiger partial charge < -0.3 is 5.32 Å². The highest BCUT2D eigenvalue weighted by atomic mass is 35.5. The van der Waals surface area contributed by atoms with Gasteiger partial charge in [0.15, 0.2) is 0 Å². The van der Waals surface area contributed by atoms with Crippen molar-refractivity contribution in [1.82, 2.24) is 29.9 Å². The first-order chi connectivity index (χ1) is 14.9. The Hall–Kier alpha value is -3.19. The van der Waals surface area contributed by atoms with Gasteiger partial charge in [-0.3, -0.25) is 14.2 Å². The van der Waals surface area contributed by atoms with Crippen molar-refractivity contribution in [3.63, 3.8) is 0 Å². The highest BCUT2D eigenvalue weighted by Crippen LogP contribution is 2.26. The predicted octanol–water partition coefficient (Wildman–Crippen LogP) is 4.23. The van der Waals surface area contributed by atoms with Crippen LogP contribution in [0.2, 0.25) is 5.02 Å². The molecule has 0 unspecified atom stereocenters. The monoisotopic (exact) mass is 436 g/mol. The minimum atomic E-state index is -0.118. The topological polar surface area (TPSA) is 77.6 Å². The van der Waals surface area contributed by atoms with Crippen LogP contribution in [0.3, 0.4) is 0 Å². The Balaban J connectivity index is 1.54. The van der Waals surface area contributed by atoms with Crippen LogP contribution in [0.4, 0.5) is 0 Å². The first-order valence-corrected chi connectivity index (χ1v) is 10.6. The van der Waals surface area contributed by atoms with Crippen LogP contribution in [-0.2, 0) is 13.6 Å². The summed E-state index contributed by atoms with van der Waals surface area (Å²) in [5.41, 5.74) is 5.82. The number of carbonyl (C=O) groups is 1. The third-order valence-electron chi connectivity index (χ3n) is 5.60. The number of amides is 1. The van der Waals surface area contributed by atoms with Crippen molar-refractivity contribution in [3.8, 4) is 11.3 Å². The lowest BCUT2D eigenvalue weighted by Gasteiger charge is -2.11. The summed E-state index contributed by atoms with van der Waals surface area (Å²) < 4.78 is 3.69. The largest absolute Gasteiger partial charge is 0.352 e. The Morgan fingerprint density at radius 2 is 1.94 bits per heavy atom. The zero-order chi connectivity index (χ0) is 22.1. The van der Waals surface area contributed by atoms with Crippen molar-refractivity contribution in [2.45, 2.75) is 33.7 Å². The van der Waals surface area contributed by atoms with E-state index in [2.05, 4.69) is 15.5 Å². The number of rotatable bonds is 6. The lowest BCUT2D eigenvalue weighted by Crippen LogP contribution is -2.26. The molecule has 8 heteroatoms. The van der Waals surface area contributed by atoms with E-state index in [9.17, 15) is 4.79 Å². The van der Waals surface area contributed by atoms with Crippen LogP contribution in [-0.4, -0.2) is 37.0 Å². The van der Waals surface area contributed by atoms with Crippen molar-refractivity contribution in [1.29, 1.82) is 0 Å². The summed E-state index contributed by atoms with van der Waals surface area (Å²) in [7, 11) is 1.89. The Morgan fingerprint density at radius 3 is 2.61 bits per heavy atom. The number of para-hydroxylation sites is 1. The second-order valence-electron chi connectivity index (χ2n) is 7.66. The molecule has 160 valence electrons. The molecule has 31 heavy (non-hydrogen) atoms. The normalized spacial score (nSPS) is 11.3. The number of aryl methyl sites for hydroxylation is 3. The zero-order valence-corrected chi connectivity index (χ0v) is 18.9. The van der Waals surface area contributed by atoms with Crippen LogP contribution in [0.5, 0.6) is 0 Å². The molecule has 4 rings (SSSR count). The molecule has 0 aliphatic carbocycles. The van der Waals surface area contributed by atoms with Crippen LogP contribution in [0, 0.1) is 20.8 Å². The fraction of sp³-hybridized carbons (Fsp3) is 0.304. The van der Waals surface area contributed by atoms with Gasteiger partial charge >= 0.3 is 0 Å².